The smallest absolute Gasteiger partial charge is 0.319 e. The van der Waals surface area contributed by atoms with Crippen molar-refractivity contribution in [2.45, 2.75) is 58.5 Å². The van der Waals surface area contributed by atoms with Crippen LogP contribution in [0.25, 0.3) is 0 Å². The number of rotatable bonds is 4. The van der Waals surface area contributed by atoms with Gasteiger partial charge in [0.25, 0.3) is 0 Å². The molecule has 1 aromatic rings. The maximum atomic E-state index is 12.5. The molecular weight excluding hydrogens is 328 g/mol. The van der Waals surface area contributed by atoms with E-state index in [0.717, 1.165) is 30.8 Å². The normalized spacial score (nSPS) is 18.3. The van der Waals surface area contributed by atoms with Crippen LogP contribution in [0.4, 0.5) is 15.3 Å². The molecule has 1 saturated carbocycles. The third-order valence-corrected chi connectivity index (χ3v) is 5.44. The lowest BCUT2D eigenvalue weighted by Gasteiger charge is -2.48. The first-order valence-electron chi connectivity index (χ1n) is 9.65. The maximum Gasteiger partial charge on any atom is 0.319 e. The largest absolute Gasteiger partial charge is 0.336 e. The van der Waals surface area contributed by atoms with Gasteiger partial charge in [-0.2, -0.15) is 0 Å². The van der Waals surface area contributed by atoms with Gasteiger partial charge in [0.05, 0.1) is 0 Å². The number of piperidine rings is 1. The highest BCUT2D eigenvalue weighted by Gasteiger charge is 2.41. The summed E-state index contributed by atoms with van der Waals surface area (Å²) in [4.78, 5) is 26.1. The van der Waals surface area contributed by atoms with Crippen molar-refractivity contribution < 1.29 is 9.59 Å². The van der Waals surface area contributed by atoms with E-state index in [1.54, 1.807) is 0 Å². The molecule has 2 aliphatic rings. The number of nitrogens with zero attached hydrogens (tertiary/aromatic N) is 1. The number of anilines is 1. The van der Waals surface area contributed by atoms with Crippen molar-refractivity contribution in [2.24, 2.45) is 5.41 Å². The van der Waals surface area contributed by atoms with Crippen molar-refractivity contribution in [2.75, 3.05) is 18.4 Å². The molecule has 4 amide bonds. The Hall–Kier alpha value is -2.24. The van der Waals surface area contributed by atoms with Gasteiger partial charge in [-0.05, 0) is 62.6 Å². The van der Waals surface area contributed by atoms with E-state index in [4.69, 9.17) is 0 Å². The second-order valence-corrected chi connectivity index (χ2v) is 7.99. The number of nitrogens with one attached hydrogen (secondary N) is 3. The van der Waals surface area contributed by atoms with E-state index in [1.807, 2.05) is 43.0 Å². The fourth-order valence-electron chi connectivity index (χ4n) is 3.89. The quantitative estimate of drug-likeness (QED) is 0.768. The Bertz CT molecular complexity index is 638. The lowest BCUT2D eigenvalue weighted by atomic mass is 9.64. The molecule has 2 fully saturated rings. The molecule has 142 valence electrons. The van der Waals surface area contributed by atoms with Crippen LogP contribution < -0.4 is 16.0 Å². The number of benzene rings is 1. The maximum absolute atomic E-state index is 12.5. The van der Waals surface area contributed by atoms with Gasteiger partial charge < -0.3 is 20.9 Å². The predicted molar refractivity (Wildman–Crippen MR) is 103 cm³/mol. The monoisotopic (exact) mass is 358 g/mol. The number of hydrogen-bond donors (Lipinski definition) is 3. The molecule has 0 unspecified atom stereocenters. The first-order chi connectivity index (χ1) is 12.5. The van der Waals surface area contributed by atoms with E-state index in [-0.39, 0.29) is 18.1 Å². The van der Waals surface area contributed by atoms with Gasteiger partial charge in [-0.15, -0.1) is 0 Å². The lowest BCUT2D eigenvalue weighted by Crippen LogP contribution is -2.51. The summed E-state index contributed by atoms with van der Waals surface area (Å²) < 4.78 is 0. The van der Waals surface area contributed by atoms with Crippen molar-refractivity contribution in [3.05, 3.63) is 29.8 Å². The van der Waals surface area contributed by atoms with Gasteiger partial charge in [0, 0.05) is 31.4 Å². The number of likely N-dealkylation sites (tertiary alicyclic amines) is 1. The highest BCUT2D eigenvalue weighted by molar-refractivity contribution is 5.89. The number of urea groups is 2. The molecule has 3 N–H and O–H groups in total. The molecule has 0 radical (unpaired) electrons. The molecule has 0 aromatic heterocycles. The van der Waals surface area contributed by atoms with Crippen LogP contribution in [0, 0.1) is 5.41 Å². The minimum atomic E-state index is -0.212. The van der Waals surface area contributed by atoms with Gasteiger partial charge in [0.1, 0.15) is 0 Å². The molecule has 1 aliphatic heterocycles. The zero-order valence-corrected chi connectivity index (χ0v) is 15.8. The molecule has 6 nitrogen and oxygen atoms in total. The van der Waals surface area contributed by atoms with E-state index < -0.39 is 0 Å². The van der Waals surface area contributed by atoms with Crippen LogP contribution in [0.5, 0.6) is 0 Å². The molecule has 1 saturated heterocycles. The number of carbonyl (C=O) groups is 2. The molecule has 3 rings (SSSR count). The van der Waals surface area contributed by atoms with Crippen molar-refractivity contribution >= 4 is 17.7 Å². The lowest BCUT2D eigenvalue weighted by molar-refractivity contribution is 0.0369. The van der Waals surface area contributed by atoms with Crippen LogP contribution >= 0.6 is 0 Å². The highest BCUT2D eigenvalue weighted by atomic mass is 16.2. The van der Waals surface area contributed by atoms with Crippen LogP contribution in [0.15, 0.2) is 24.3 Å². The Morgan fingerprint density at radius 2 is 1.81 bits per heavy atom. The Morgan fingerprint density at radius 3 is 2.42 bits per heavy atom. The summed E-state index contributed by atoms with van der Waals surface area (Å²) in [5, 5.41) is 8.61. The fourth-order valence-corrected chi connectivity index (χ4v) is 3.89. The van der Waals surface area contributed by atoms with Gasteiger partial charge in [0.15, 0.2) is 0 Å². The molecule has 1 heterocycles. The minimum absolute atomic E-state index is 0.0366. The second-order valence-electron chi connectivity index (χ2n) is 7.99. The first-order valence-corrected chi connectivity index (χ1v) is 9.65. The summed E-state index contributed by atoms with van der Waals surface area (Å²) in [6.07, 6.45) is 6.25. The van der Waals surface area contributed by atoms with Crippen LogP contribution in [0.3, 0.4) is 0 Å². The number of amides is 4. The molecule has 0 atom stereocenters. The van der Waals surface area contributed by atoms with E-state index >= 15 is 0 Å². The van der Waals surface area contributed by atoms with E-state index in [0.29, 0.717) is 12.0 Å². The highest BCUT2D eigenvalue weighted by Crippen LogP contribution is 2.47. The Kier molecular flexibility index (Phi) is 5.69. The third-order valence-electron chi connectivity index (χ3n) is 5.44. The minimum Gasteiger partial charge on any atom is -0.336 e. The topological polar surface area (TPSA) is 73.5 Å². The Morgan fingerprint density at radius 1 is 1.12 bits per heavy atom. The van der Waals surface area contributed by atoms with E-state index in [9.17, 15) is 9.59 Å². The molecule has 1 aliphatic carbocycles. The molecule has 1 aromatic carbocycles. The fraction of sp³-hybridized carbons (Fsp3) is 0.600. The average Bonchev–Trinajstić information content (AvgIpc) is 2.59. The summed E-state index contributed by atoms with van der Waals surface area (Å²) in [6, 6.07) is 7.48. The van der Waals surface area contributed by atoms with Gasteiger partial charge in [0.2, 0.25) is 0 Å². The van der Waals surface area contributed by atoms with E-state index in [1.165, 1.54) is 25.7 Å². The average molecular weight is 358 g/mol. The summed E-state index contributed by atoms with van der Waals surface area (Å²) in [6.45, 7) is 6.11. The molecule has 1 spiro atoms. The summed E-state index contributed by atoms with van der Waals surface area (Å²) >= 11 is 0. The van der Waals surface area contributed by atoms with Crippen LogP contribution in [-0.4, -0.2) is 36.1 Å². The number of hydrogen-bond acceptors (Lipinski definition) is 2. The third kappa shape index (κ3) is 4.68. The summed E-state index contributed by atoms with van der Waals surface area (Å²) in [5.41, 5.74) is 2.17. The van der Waals surface area contributed by atoms with Crippen molar-refractivity contribution in [1.29, 1.82) is 0 Å². The standard InChI is InChI=1S/C20H30N4O2/c1-15(2)22-18(25)23-17-7-5-16(6-8-17)13-21-19(26)24-12-4-11-20(14-24)9-3-10-20/h5-8,15H,3-4,9-14H2,1-2H3,(H,21,26)(H2,22,23,25). The zero-order valence-electron chi connectivity index (χ0n) is 15.8. The van der Waals surface area contributed by atoms with Crippen LogP contribution in [0.1, 0.15) is 51.5 Å². The molecule has 0 bridgehead atoms. The number of carbonyl (C=O) groups excluding carboxylic acids is 2. The SMILES string of the molecule is CC(C)NC(=O)Nc1ccc(CNC(=O)N2CCCC3(CCC3)C2)cc1. The summed E-state index contributed by atoms with van der Waals surface area (Å²) in [5.74, 6) is 0. The van der Waals surface area contributed by atoms with Crippen LogP contribution in [0.2, 0.25) is 0 Å². The predicted octanol–water partition coefficient (Wildman–Crippen LogP) is 3.69. The van der Waals surface area contributed by atoms with Gasteiger partial charge >= 0.3 is 12.1 Å². The molecule has 6 heteroatoms. The van der Waals surface area contributed by atoms with Gasteiger partial charge in [-0.1, -0.05) is 18.6 Å². The van der Waals surface area contributed by atoms with Gasteiger partial charge in [-0.25, -0.2) is 9.59 Å². The summed E-state index contributed by atoms with van der Waals surface area (Å²) in [7, 11) is 0. The Balaban J connectivity index is 1.45. The molecular formula is C20H30N4O2. The molecule has 26 heavy (non-hydrogen) atoms. The van der Waals surface area contributed by atoms with Crippen molar-refractivity contribution in [3.8, 4) is 0 Å². The van der Waals surface area contributed by atoms with Crippen LogP contribution in [-0.2, 0) is 6.54 Å². The van der Waals surface area contributed by atoms with Crippen molar-refractivity contribution in [3.63, 3.8) is 0 Å². The second kappa shape index (κ2) is 7.98. The van der Waals surface area contributed by atoms with Crippen molar-refractivity contribution in [1.82, 2.24) is 15.5 Å². The van der Waals surface area contributed by atoms with Gasteiger partial charge in [-0.3, -0.25) is 0 Å². The Labute approximate surface area is 155 Å². The zero-order chi connectivity index (χ0) is 18.6. The first kappa shape index (κ1) is 18.5. The van der Waals surface area contributed by atoms with E-state index in [2.05, 4.69) is 16.0 Å².